The minimum atomic E-state index is -0.238. The second-order valence-electron chi connectivity index (χ2n) is 9.45. The zero-order valence-corrected chi connectivity index (χ0v) is 20.1. The summed E-state index contributed by atoms with van der Waals surface area (Å²) in [6, 6.07) is 18.3. The van der Waals surface area contributed by atoms with Crippen LogP contribution in [-0.4, -0.2) is 39.7 Å². The van der Waals surface area contributed by atoms with Crippen LogP contribution < -0.4 is 15.0 Å². The molecule has 2 aliphatic heterocycles. The van der Waals surface area contributed by atoms with E-state index in [9.17, 15) is 14.4 Å². The second kappa shape index (κ2) is 9.54. The average Bonchev–Trinajstić information content (AvgIpc) is 3.66. The lowest BCUT2D eigenvalue weighted by atomic mass is 10.0. The van der Waals surface area contributed by atoms with E-state index in [1.54, 1.807) is 35.0 Å². The number of ether oxygens (including phenoxy) is 1. The molecule has 9 heteroatoms. The summed E-state index contributed by atoms with van der Waals surface area (Å²) in [7, 11) is 0. The molecule has 0 saturated carbocycles. The predicted octanol–water partition coefficient (Wildman–Crippen LogP) is 4.41. The van der Waals surface area contributed by atoms with Gasteiger partial charge < -0.3 is 15.0 Å². The third-order valence-electron chi connectivity index (χ3n) is 7.05. The first kappa shape index (κ1) is 23.0. The maximum absolute atomic E-state index is 13.9. The monoisotopic (exact) mass is 496 g/mol. The summed E-state index contributed by atoms with van der Waals surface area (Å²) in [5.41, 5.74) is 3.58. The molecule has 0 radical (unpaired) electrons. The van der Waals surface area contributed by atoms with Gasteiger partial charge in [0.15, 0.2) is 5.65 Å². The van der Waals surface area contributed by atoms with Gasteiger partial charge in [0.25, 0.3) is 0 Å². The van der Waals surface area contributed by atoms with Gasteiger partial charge in [0.05, 0.1) is 29.5 Å². The van der Waals surface area contributed by atoms with Crippen molar-refractivity contribution in [2.45, 2.75) is 37.8 Å². The first-order chi connectivity index (χ1) is 18.1. The van der Waals surface area contributed by atoms with Crippen molar-refractivity contribution in [3.05, 3.63) is 77.7 Å². The number of hydrogen-bond donors (Lipinski definition) is 1. The van der Waals surface area contributed by atoms with Crippen LogP contribution in [0.3, 0.4) is 0 Å². The zero-order chi connectivity index (χ0) is 25.4. The van der Waals surface area contributed by atoms with Crippen LogP contribution >= 0.6 is 0 Å². The lowest BCUT2D eigenvalue weighted by Gasteiger charge is -2.26. The Balaban J connectivity index is 1.29. The summed E-state index contributed by atoms with van der Waals surface area (Å²) in [6.45, 7) is 1.15. The Morgan fingerprint density at radius 2 is 2.08 bits per heavy atom. The number of imidazole rings is 1. The van der Waals surface area contributed by atoms with Gasteiger partial charge in [-0.15, -0.1) is 5.10 Å². The molecule has 2 saturated heterocycles. The van der Waals surface area contributed by atoms with E-state index in [2.05, 4.69) is 21.3 Å². The van der Waals surface area contributed by atoms with Crippen molar-refractivity contribution >= 4 is 17.4 Å². The average molecular weight is 497 g/mol. The topological polar surface area (TPSA) is 95.6 Å². The standard InChI is InChI=1S/C28H25FN6O2/c29-21-4-1-3-18(14-21)23-5-2-12-34(23)27-10-9-26-31-16-24(35(26)33-27)19-6-8-25(20(13-19)15-30)37-17-22-7-11-28(36)32-22/h1,3-4,6,8-10,13-14,16,22-23H,2,5,7,11-12,17H2,(H,32,36)/t22-,23?/m1/s1. The molecule has 2 aliphatic rings. The van der Waals surface area contributed by atoms with Gasteiger partial charge in [-0.1, -0.05) is 12.1 Å². The fraction of sp³-hybridized carbons (Fsp3) is 0.286. The summed E-state index contributed by atoms with van der Waals surface area (Å²) in [6.07, 6.45) is 4.89. The minimum Gasteiger partial charge on any atom is -0.490 e. The Kier molecular flexibility index (Phi) is 5.93. The highest BCUT2D eigenvalue weighted by Crippen LogP contribution is 2.36. The lowest BCUT2D eigenvalue weighted by Crippen LogP contribution is -2.30. The number of fused-ring (bicyclic) bond motifs is 1. The maximum atomic E-state index is 13.9. The van der Waals surface area contributed by atoms with E-state index in [4.69, 9.17) is 9.84 Å². The highest BCUT2D eigenvalue weighted by molar-refractivity contribution is 5.78. The number of nitriles is 1. The molecule has 8 nitrogen and oxygen atoms in total. The number of halogens is 1. The van der Waals surface area contributed by atoms with Crippen LogP contribution in [0.2, 0.25) is 0 Å². The Morgan fingerprint density at radius 3 is 2.89 bits per heavy atom. The molecule has 0 aliphatic carbocycles. The molecule has 0 bridgehead atoms. The first-order valence-corrected chi connectivity index (χ1v) is 12.4. The quantitative estimate of drug-likeness (QED) is 0.425. The van der Waals surface area contributed by atoms with Crippen molar-refractivity contribution in [3.8, 4) is 23.1 Å². The summed E-state index contributed by atoms with van der Waals surface area (Å²) >= 11 is 0. The van der Waals surface area contributed by atoms with E-state index in [0.29, 0.717) is 30.0 Å². The third kappa shape index (κ3) is 4.47. The van der Waals surface area contributed by atoms with Crippen molar-refractivity contribution in [2.75, 3.05) is 18.1 Å². The molecular weight excluding hydrogens is 471 g/mol. The van der Waals surface area contributed by atoms with Gasteiger partial charge in [-0.3, -0.25) is 4.79 Å². The summed E-state index contributed by atoms with van der Waals surface area (Å²) in [5, 5.41) is 17.5. The molecule has 2 fully saturated rings. The third-order valence-corrected chi connectivity index (χ3v) is 7.05. The molecule has 0 spiro atoms. The number of benzene rings is 2. The Bertz CT molecular complexity index is 1530. The zero-order valence-electron chi connectivity index (χ0n) is 20.1. The molecular formula is C28H25FN6O2. The number of carbonyl (C=O) groups excluding carboxylic acids is 1. The van der Waals surface area contributed by atoms with Gasteiger partial charge in [-0.2, -0.15) is 5.26 Å². The predicted molar refractivity (Wildman–Crippen MR) is 136 cm³/mol. The number of nitrogens with one attached hydrogen (secondary N) is 1. The number of nitrogens with zero attached hydrogens (tertiary/aromatic N) is 5. The largest absolute Gasteiger partial charge is 0.490 e. The van der Waals surface area contributed by atoms with Crippen LogP contribution in [-0.2, 0) is 4.79 Å². The fourth-order valence-corrected chi connectivity index (χ4v) is 5.21. The Labute approximate surface area is 213 Å². The van der Waals surface area contributed by atoms with Crippen molar-refractivity contribution in [1.29, 1.82) is 5.26 Å². The van der Waals surface area contributed by atoms with Crippen molar-refractivity contribution in [3.63, 3.8) is 0 Å². The van der Waals surface area contributed by atoms with E-state index < -0.39 is 0 Å². The molecule has 2 aromatic heterocycles. The summed E-state index contributed by atoms with van der Waals surface area (Å²) in [4.78, 5) is 18.1. The molecule has 186 valence electrons. The molecule has 37 heavy (non-hydrogen) atoms. The van der Waals surface area contributed by atoms with E-state index in [1.807, 2.05) is 24.3 Å². The highest BCUT2D eigenvalue weighted by atomic mass is 19.1. The molecule has 1 N–H and O–H groups in total. The van der Waals surface area contributed by atoms with Gasteiger partial charge in [0.1, 0.15) is 30.1 Å². The Hall–Kier alpha value is -4.45. The maximum Gasteiger partial charge on any atom is 0.220 e. The van der Waals surface area contributed by atoms with Crippen LogP contribution in [0.15, 0.2) is 60.8 Å². The number of aromatic nitrogens is 3. The molecule has 1 amide bonds. The van der Waals surface area contributed by atoms with Crippen molar-refractivity contribution in [1.82, 2.24) is 19.9 Å². The molecule has 4 aromatic rings. The minimum absolute atomic E-state index is 0.0279. The molecule has 4 heterocycles. The fourth-order valence-electron chi connectivity index (χ4n) is 5.21. The van der Waals surface area contributed by atoms with E-state index in [-0.39, 0.29) is 23.8 Å². The van der Waals surface area contributed by atoms with Crippen LogP contribution in [0.5, 0.6) is 5.75 Å². The SMILES string of the molecule is N#Cc1cc(-c2cnc3ccc(N4CCCC4c4cccc(F)c4)nn23)ccc1OC[C@H]1CCC(=O)N1. The highest BCUT2D eigenvalue weighted by Gasteiger charge is 2.28. The van der Waals surface area contributed by atoms with E-state index in [0.717, 1.165) is 48.4 Å². The van der Waals surface area contributed by atoms with Gasteiger partial charge in [-0.05, 0) is 67.3 Å². The van der Waals surface area contributed by atoms with Gasteiger partial charge in [-0.25, -0.2) is 13.9 Å². The van der Waals surface area contributed by atoms with Crippen molar-refractivity contribution < 1.29 is 13.9 Å². The Morgan fingerprint density at radius 1 is 1.16 bits per heavy atom. The number of anilines is 1. The molecule has 6 rings (SSSR count). The second-order valence-corrected chi connectivity index (χ2v) is 9.45. The smallest absolute Gasteiger partial charge is 0.220 e. The first-order valence-electron chi connectivity index (χ1n) is 12.4. The van der Waals surface area contributed by atoms with Gasteiger partial charge in [0.2, 0.25) is 5.91 Å². The number of hydrogen-bond acceptors (Lipinski definition) is 6. The molecule has 2 aromatic carbocycles. The van der Waals surface area contributed by atoms with Crippen LogP contribution in [0, 0.1) is 17.1 Å². The summed E-state index contributed by atoms with van der Waals surface area (Å²) in [5.74, 6) is 1.06. The van der Waals surface area contributed by atoms with Crippen molar-refractivity contribution in [2.24, 2.45) is 0 Å². The normalized spacial score (nSPS) is 19.2. The lowest BCUT2D eigenvalue weighted by molar-refractivity contribution is -0.119. The van der Waals surface area contributed by atoms with Gasteiger partial charge >= 0.3 is 0 Å². The number of amides is 1. The number of carbonyl (C=O) groups is 1. The molecule has 1 unspecified atom stereocenters. The van der Waals surface area contributed by atoms with Crippen LogP contribution in [0.1, 0.15) is 42.9 Å². The summed E-state index contributed by atoms with van der Waals surface area (Å²) < 4.78 is 21.5. The van der Waals surface area contributed by atoms with Crippen LogP contribution in [0.4, 0.5) is 10.2 Å². The van der Waals surface area contributed by atoms with E-state index >= 15 is 0 Å². The van der Waals surface area contributed by atoms with E-state index in [1.165, 1.54) is 6.07 Å². The van der Waals surface area contributed by atoms with Gasteiger partial charge in [0, 0.05) is 18.5 Å². The van der Waals surface area contributed by atoms with Crippen LogP contribution in [0.25, 0.3) is 16.9 Å². The molecule has 2 atom stereocenters. The number of rotatable bonds is 6.